The maximum Gasteiger partial charge on any atom is 0.0685 e. The number of hydrogen-bond donors (Lipinski definition) is 0. The molecule has 6 rings (SSSR count). The van der Waals surface area contributed by atoms with Gasteiger partial charge in [-0.15, -0.1) is 0 Å². The van der Waals surface area contributed by atoms with Crippen molar-refractivity contribution >= 4 is 22.5 Å². The Hall–Kier alpha value is -3.39. The summed E-state index contributed by atoms with van der Waals surface area (Å²) in [5.41, 5.74) is 7.86. The summed E-state index contributed by atoms with van der Waals surface area (Å²) in [6.45, 7) is 0.925. The van der Waals surface area contributed by atoms with Crippen LogP contribution in [0.4, 0.5) is 5.69 Å². The Morgan fingerprint density at radius 2 is 1.61 bits per heavy atom. The monoisotopic (exact) mass is 360 g/mol. The van der Waals surface area contributed by atoms with Gasteiger partial charge in [0.05, 0.1) is 11.7 Å². The fraction of sp³-hybridized carbons (Fsp3) is 0.115. The summed E-state index contributed by atoms with van der Waals surface area (Å²) in [6, 6.07) is 26.5. The highest BCUT2D eigenvalue weighted by Gasteiger charge is 2.31. The van der Waals surface area contributed by atoms with E-state index in [0.29, 0.717) is 0 Å². The third-order valence-electron chi connectivity index (χ3n) is 6.08. The van der Waals surface area contributed by atoms with Gasteiger partial charge in [0.25, 0.3) is 0 Å². The number of pyridine rings is 1. The molecule has 3 aromatic carbocycles. The number of para-hydroxylation sites is 1. The molecule has 0 amide bonds. The molecule has 4 aromatic rings. The molecule has 1 aliphatic carbocycles. The molecule has 1 aliphatic heterocycles. The van der Waals surface area contributed by atoms with Gasteiger partial charge in [-0.2, -0.15) is 0 Å². The first-order valence-corrected chi connectivity index (χ1v) is 9.88. The fourth-order valence-corrected chi connectivity index (χ4v) is 4.81. The largest absolute Gasteiger partial charge is 0.359 e. The van der Waals surface area contributed by atoms with Crippen LogP contribution in [0.1, 0.15) is 29.3 Å². The minimum absolute atomic E-state index is 0.285. The number of anilines is 1. The second-order valence-electron chi connectivity index (χ2n) is 7.60. The number of fused-ring (bicyclic) bond motifs is 6. The molecule has 0 radical (unpaired) electrons. The van der Waals surface area contributed by atoms with Gasteiger partial charge in [-0.3, -0.25) is 4.98 Å². The number of aromatic nitrogens is 1. The van der Waals surface area contributed by atoms with E-state index in [1.807, 2.05) is 6.20 Å². The molecule has 134 valence electrons. The van der Waals surface area contributed by atoms with E-state index in [4.69, 9.17) is 4.98 Å². The second-order valence-corrected chi connectivity index (χ2v) is 7.60. The van der Waals surface area contributed by atoms with Crippen LogP contribution in [0.2, 0.25) is 0 Å². The highest BCUT2D eigenvalue weighted by Crippen LogP contribution is 2.46. The first-order chi connectivity index (χ1) is 13.9. The van der Waals surface area contributed by atoms with Crippen LogP contribution in [0.5, 0.6) is 0 Å². The van der Waals surface area contributed by atoms with Gasteiger partial charge in [0.15, 0.2) is 0 Å². The highest BCUT2D eigenvalue weighted by molar-refractivity contribution is 5.90. The molecule has 2 heterocycles. The second kappa shape index (κ2) is 6.07. The topological polar surface area (TPSA) is 16.1 Å². The summed E-state index contributed by atoms with van der Waals surface area (Å²) in [5.74, 6) is 0. The highest BCUT2D eigenvalue weighted by atomic mass is 15.2. The molecule has 0 fully saturated rings. The van der Waals surface area contributed by atoms with Crippen molar-refractivity contribution in [3.05, 3.63) is 102 Å². The lowest BCUT2D eigenvalue weighted by atomic mass is 9.87. The summed E-state index contributed by atoms with van der Waals surface area (Å²) in [7, 11) is 0. The molecule has 0 bridgehead atoms. The predicted molar refractivity (Wildman–Crippen MR) is 116 cm³/mol. The molecule has 1 unspecified atom stereocenters. The molecular formula is C26H20N2. The van der Waals surface area contributed by atoms with Gasteiger partial charge in [-0.1, -0.05) is 72.8 Å². The van der Waals surface area contributed by atoms with Crippen molar-refractivity contribution in [3.8, 4) is 11.1 Å². The normalized spacial score (nSPS) is 17.1. The van der Waals surface area contributed by atoms with E-state index in [0.717, 1.165) is 18.7 Å². The standard InChI is InChI=1S/C26H20N2/c1-4-11-21-18(8-1)16-27-23-13-7-15-25(26(21)23)28-17-19-9-2-3-10-20(19)22-12-5-6-14-24(22)28/h1-14,16,25H,15,17H2. The molecule has 28 heavy (non-hydrogen) atoms. The Bertz CT molecular complexity index is 1240. The first kappa shape index (κ1) is 15.6. The van der Waals surface area contributed by atoms with Gasteiger partial charge in [0, 0.05) is 34.9 Å². The lowest BCUT2D eigenvalue weighted by Crippen LogP contribution is -2.32. The third-order valence-corrected chi connectivity index (χ3v) is 6.08. The average Bonchev–Trinajstić information content (AvgIpc) is 2.78. The summed E-state index contributed by atoms with van der Waals surface area (Å²) in [4.78, 5) is 7.36. The van der Waals surface area contributed by atoms with Gasteiger partial charge in [-0.25, -0.2) is 0 Å². The van der Waals surface area contributed by atoms with E-state index in [9.17, 15) is 0 Å². The zero-order valence-electron chi connectivity index (χ0n) is 15.5. The molecule has 1 aromatic heterocycles. The lowest BCUT2D eigenvalue weighted by molar-refractivity contribution is 0.619. The molecule has 0 saturated carbocycles. The van der Waals surface area contributed by atoms with E-state index in [2.05, 4.69) is 89.8 Å². The number of benzene rings is 3. The van der Waals surface area contributed by atoms with Gasteiger partial charge in [0.1, 0.15) is 0 Å². The predicted octanol–water partition coefficient (Wildman–Crippen LogP) is 6.38. The zero-order valence-corrected chi connectivity index (χ0v) is 15.5. The Labute approximate surface area is 164 Å². The Kier molecular flexibility index (Phi) is 3.39. The van der Waals surface area contributed by atoms with Crippen LogP contribution in [0, 0.1) is 0 Å². The number of hydrogen-bond acceptors (Lipinski definition) is 2. The van der Waals surface area contributed by atoms with Crippen LogP contribution in [-0.4, -0.2) is 4.98 Å². The Morgan fingerprint density at radius 1 is 0.821 bits per heavy atom. The number of nitrogens with zero attached hydrogens (tertiary/aromatic N) is 2. The van der Waals surface area contributed by atoms with E-state index >= 15 is 0 Å². The van der Waals surface area contributed by atoms with Crippen molar-refractivity contribution in [2.24, 2.45) is 0 Å². The summed E-state index contributed by atoms with van der Waals surface area (Å²) in [6.07, 6.45) is 7.46. The van der Waals surface area contributed by atoms with E-state index < -0.39 is 0 Å². The number of rotatable bonds is 1. The summed E-state index contributed by atoms with van der Waals surface area (Å²) in [5, 5.41) is 2.53. The minimum Gasteiger partial charge on any atom is -0.359 e. The van der Waals surface area contributed by atoms with Crippen molar-refractivity contribution in [1.82, 2.24) is 4.98 Å². The van der Waals surface area contributed by atoms with Crippen LogP contribution < -0.4 is 4.90 Å². The van der Waals surface area contributed by atoms with Crippen LogP contribution in [0.25, 0.3) is 28.0 Å². The van der Waals surface area contributed by atoms with Crippen LogP contribution in [0.3, 0.4) is 0 Å². The van der Waals surface area contributed by atoms with Crippen LogP contribution >= 0.6 is 0 Å². The molecule has 2 aliphatic rings. The molecule has 0 saturated heterocycles. The molecule has 0 spiro atoms. The fourth-order valence-electron chi connectivity index (χ4n) is 4.81. The van der Waals surface area contributed by atoms with Crippen molar-refractivity contribution in [1.29, 1.82) is 0 Å². The van der Waals surface area contributed by atoms with Crippen molar-refractivity contribution in [3.63, 3.8) is 0 Å². The van der Waals surface area contributed by atoms with E-state index in [1.165, 1.54) is 38.7 Å². The van der Waals surface area contributed by atoms with Crippen molar-refractivity contribution < 1.29 is 0 Å². The van der Waals surface area contributed by atoms with Gasteiger partial charge in [-0.05, 0) is 35.1 Å². The maximum atomic E-state index is 4.78. The zero-order chi connectivity index (χ0) is 18.5. The van der Waals surface area contributed by atoms with Gasteiger partial charge < -0.3 is 4.90 Å². The van der Waals surface area contributed by atoms with Gasteiger partial charge >= 0.3 is 0 Å². The van der Waals surface area contributed by atoms with E-state index in [-0.39, 0.29) is 6.04 Å². The molecule has 2 heteroatoms. The lowest BCUT2D eigenvalue weighted by Gasteiger charge is -2.40. The van der Waals surface area contributed by atoms with Crippen LogP contribution in [0.15, 0.2) is 85.1 Å². The minimum atomic E-state index is 0.285. The summed E-state index contributed by atoms with van der Waals surface area (Å²) < 4.78 is 0. The molecule has 2 nitrogen and oxygen atoms in total. The van der Waals surface area contributed by atoms with Crippen molar-refractivity contribution in [2.45, 2.75) is 19.0 Å². The first-order valence-electron chi connectivity index (χ1n) is 9.88. The summed E-state index contributed by atoms with van der Waals surface area (Å²) >= 11 is 0. The van der Waals surface area contributed by atoms with Crippen LogP contribution in [-0.2, 0) is 6.54 Å². The molecular weight excluding hydrogens is 340 g/mol. The maximum absolute atomic E-state index is 4.78. The average molecular weight is 360 g/mol. The molecule has 1 atom stereocenters. The Balaban J connectivity index is 1.58. The quantitative estimate of drug-likeness (QED) is 0.391. The SMILES string of the molecule is C1=Cc2ncc3ccccc3c2C(N2Cc3ccccc3-c3ccccc32)C1. The van der Waals surface area contributed by atoms with Gasteiger partial charge in [0.2, 0.25) is 0 Å². The van der Waals surface area contributed by atoms with Crippen molar-refractivity contribution in [2.75, 3.05) is 4.90 Å². The van der Waals surface area contributed by atoms with E-state index in [1.54, 1.807) is 0 Å². The Morgan fingerprint density at radius 3 is 2.57 bits per heavy atom. The third kappa shape index (κ3) is 2.24. The molecule has 0 N–H and O–H groups in total. The smallest absolute Gasteiger partial charge is 0.0685 e.